The number of likely N-dealkylation sites (tertiary alicyclic amines) is 1. The van der Waals surface area contributed by atoms with Gasteiger partial charge in [0, 0.05) is 53.7 Å². The molecule has 0 spiro atoms. The molecule has 3 aromatic rings. The van der Waals surface area contributed by atoms with Crippen LogP contribution >= 0.6 is 23.1 Å². The zero-order valence-electron chi connectivity index (χ0n) is 26.8. The summed E-state index contributed by atoms with van der Waals surface area (Å²) in [6.07, 6.45) is 5.26. The zero-order valence-corrected chi connectivity index (χ0v) is 28.4. The maximum Gasteiger partial charge on any atom is 0.290 e. The van der Waals surface area contributed by atoms with Gasteiger partial charge in [-0.2, -0.15) is 4.57 Å². The van der Waals surface area contributed by atoms with Crippen LogP contribution in [0, 0.1) is 0 Å². The number of nitrogens with one attached hydrogen (secondary N) is 2. The Balaban J connectivity index is 1.07. The van der Waals surface area contributed by atoms with Gasteiger partial charge in [-0.1, -0.05) is 5.16 Å². The predicted octanol–water partition coefficient (Wildman–Crippen LogP) is -0.693. The fourth-order valence-corrected chi connectivity index (χ4v) is 7.62. The fourth-order valence-electron chi connectivity index (χ4n) is 5.77. The third-order valence-corrected chi connectivity index (χ3v) is 10.2. The Labute approximate surface area is 297 Å². The van der Waals surface area contributed by atoms with Crippen molar-refractivity contribution in [2.45, 2.75) is 30.9 Å². The lowest BCUT2D eigenvalue weighted by molar-refractivity contribution is -0.684. The molecule has 6 N–H and O–H groups in total. The Kier molecular flexibility index (Phi) is 9.92. The number of nitrogens with two attached hydrogens (primary N) is 1. The number of β-lactam (4-membered cyclic amide) rings is 1. The van der Waals surface area contributed by atoms with E-state index < -0.39 is 34.9 Å². The number of aromatic hydroxyl groups is 1. The molecule has 2 fully saturated rings. The number of ether oxygens (including phenoxy) is 1. The van der Waals surface area contributed by atoms with E-state index >= 15 is 0 Å². The summed E-state index contributed by atoms with van der Waals surface area (Å²) >= 11 is 2.23. The van der Waals surface area contributed by atoms with Crippen molar-refractivity contribution >= 4 is 69.2 Å². The van der Waals surface area contributed by atoms with Gasteiger partial charge in [-0.15, -0.1) is 23.1 Å². The molecule has 0 bridgehead atoms. The van der Waals surface area contributed by atoms with Crippen LogP contribution in [0.15, 0.2) is 76.2 Å². The van der Waals surface area contributed by atoms with Crippen molar-refractivity contribution in [1.29, 1.82) is 0 Å². The average Bonchev–Trinajstić information content (AvgIpc) is 3.69. The minimum atomic E-state index is -1.60. The first-order chi connectivity index (χ1) is 24.5. The SMILES string of the molecule is COc1cc(NC(=O)C[n+]2ccc(CN3CC/C(=C\C4=C(C(=O)[O-])N5C(=O)[C@@H](NC(=O)/C(=N\O)c6csc(N)n6)[C@H]5SC4)C3=O)cc2)ccc1O. The summed E-state index contributed by atoms with van der Waals surface area (Å²) in [5, 5.41) is 40.3. The fraction of sp³-hybridized carbons (Fsp3) is 0.250. The van der Waals surface area contributed by atoms with Crippen LogP contribution in [0.4, 0.5) is 10.8 Å². The van der Waals surface area contributed by atoms with E-state index in [2.05, 4.69) is 20.8 Å². The Morgan fingerprint density at radius 2 is 2.00 bits per heavy atom. The number of benzene rings is 1. The van der Waals surface area contributed by atoms with Crippen LogP contribution < -0.4 is 30.8 Å². The normalized spacial score (nSPS) is 19.5. The van der Waals surface area contributed by atoms with Crippen LogP contribution in [-0.4, -0.2) is 91.2 Å². The number of amides is 4. The van der Waals surface area contributed by atoms with E-state index in [0.29, 0.717) is 24.2 Å². The number of oxime groups is 1. The topological polar surface area (TPSA) is 244 Å². The standard InChI is InChI=1S/C32H30N8O9S2/c1-49-22-11-19(2-3-21(22)41)34-23(42)13-38-7-4-16(5-8-38)12-39-9-6-17(28(39)44)10-18-14-50-30-25(29(45)40(30)26(18)31(46)47)36-27(43)24(37-48)20-15-51-32(33)35-20/h2-5,7-8,10-11,15,25,30H,6,9,12-14H2,1H3,(H6-,33,34,35,36,37,41,42,43,46,47,48)/b17-10+/t25-,30-/m1/s1. The van der Waals surface area contributed by atoms with Gasteiger partial charge in [-0.25, -0.2) is 4.98 Å². The van der Waals surface area contributed by atoms with E-state index in [1.54, 1.807) is 40.1 Å². The highest BCUT2D eigenvalue weighted by molar-refractivity contribution is 8.00. The van der Waals surface area contributed by atoms with Gasteiger partial charge in [0.25, 0.3) is 17.7 Å². The number of thioether (sulfide) groups is 1. The number of allylic oxidation sites excluding steroid dienone is 1. The first kappa shape index (κ1) is 34.9. The van der Waals surface area contributed by atoms with Crippen molar-refractivity contribution in [2.24, 2.45) is 5.16 Å². The number of phenols is 1. The molecule has 2 aromatic heterocycles. The number of carboxylic acid groups (broad SMARTS) is 1. The molecule has 0 aliphatic carbocycles. The van der Waals surface area contributed by atoms with Crippen LogP contribution in [0.3, 0.4) is 0 Å². The molecule has 3 aliphatic heterocycles. The highest BCUT2D eigenvalue weighted by Gasteiger charge is 2.53. The number of aromatic nitrogens is 2. The number of rotatable bonds is 11. The van der Waals surface area contributed by atoms with Crippen molar-refractivity contribution in [3.8, 4) is 11.5 Å². The Morgan fingerprint density at radius 3 is 2.67 bits per heavy atom. The van der Waals surface area contributed by atoms with Crippen LogP contribution in [0.5, 0.6) is 11.5 Å². The van der Waals surface area contributed by atoms with Crippen LogP contribution in [0.2, 0.25) is 0 Å². The second-order valence-electron chi connectivity index (χ2n) is 11.5. The van der Waals surface area contributed by atoms with Gasteiger partial charge in [-0.05, 0) is 35.8 Å². The lowest BCUT2D eigenvalue weighted by Crippen LogP contribution is -2.71. The quantitative estimate of drug-likeness (QED) is 0.0313. The van der Waals surface area contributed by atoms with Crippen LogP contribution in [0.25, 0.3) is 0 Å². The van der Waals surface area contributed by atoms with E-state index in [-0.39, 0.29) is 64.3 Å². The number of aliphatic carboxylic acids is 1. The minimum Gasteiger partial charge on any atom is -0.543 e. The molecular weight excluding hydrogens is 705 g/mol. The van der Waals surface area contributed by atoms with Gasteiger partial charge >= 0.3 is 0 Å². The second kappa shape index (κ2) is 14.5. The number of nitrogen functional groups attached to an aromatic ring is 1. The molecule has 1 aromatic carbocycles. The summed E-state index contributed by atoms with van der Waals surface area (Å²) in [5.74, 6) is -3.48. The van der Waals surface area contributed by atoms with Gasteiger partial charge in [0.05, 0.1) is 18.8 Å². The second-order valence-corrected chi connectivity index (χ2v) is 13.5. The molecular formula is C32H30N8O9S2. The number of carboxylic acids is 1. The smallest absolute Gasteiger partial charge is 0.290 e. The Morgan fingerprint density at radius 1 is 1.24 bits per heavy atom. The molecule has 2 atom stereocenters. The third-order valence-electron chi connectivity index (χ3n) is 8.24. The minimum absolute atomic E-state index is 0.0144. The van der Waals surface area contributed by atoms with Crippen LogP contribution in [-0.2, 0) is 37.1 Å². The van der Waals surface area contributed by atoms with E-state index in [9.17, 15) is 39.4 Å². The number of carbonyl (C=O) groups is 5. The van der Waals surface area contributed by atoms with Gasteiger partial charge in [0.1, 0.15) is 17.1 Å². The predicted molar refractivity (Wildman–Crippen MR) is 180 cm³/mol. The number of nitrogens with zero attached hydrogens (tertiary/aromatic N) is 5. The van der Waals surface area contributed by atoms with E-state index in [1.165, 1.54) is 42.5 Å². The number of fused-ring (bicyclic) bond motifs is 1. The molecule has 6 rings (SSSR count). The number of hydrogen-bond acceptors (Lipinski definition) is 14. The number of thiazole rings is 1. The van der Waals surface area contributed by atoms with Gasteiger partial charge < -0.3 is 46.2 Å². The molecule has 3 aliphatic rings. The molecule has 0 radical (unpaired) electrons. The summed E-state index contributed by atoms with van der Waals surface area (Å²) in [4.78, 5) is 70.6. The van der Waals surface area contributed by atoms with Crippen molar-refractivity contribution < 1.29 is 48.7 Å². The lowest BCUT2D eigenvalue weighted by atomic mass is 10.0. The van der Waals surface area contributed by atoms with E-state index in [1.807, 2.05) is 0 Å². The summed E-state index contributed by atoms with van der Waals surface area (Å²) in [5.41, 5.74) is 6.66. The molecule has 17 nitrogen and oxygen atoms in total. The van der Waals surface area contributed by atoms with Crippen LogP contribution in [0.1, 0.15) is 17.7 Å². The third kappa shape index (κ3) is 7.19. The highest BCUT2D eigenvalue weighted by atomic mass is 32.2. The summed E-state index contributed by atoms with van der Waals surface area (Å²) in [6, 6.07) is 6.94. The molecule has 0 unspecified atom stereocenters. The van der Waals surface area contributed by atoms with Crippen molar-refractivity contribution in [3.05, 3.63) is 82.3 Å². The molecule has 19 heteroatoms. The summed E-state index contributed by atoms with van der Waals surface area (Å²) in [6.45, 7) is 0.677. The molecule has 2 saturated heterocycles. The number of pyridine rings is 1. The molecule has 51 heavy (non-hydrogen) atoms. The largest absolute Gasteiger partial charge is 0.543 e. The van der Waals surface area contributed by atoms with E-state index in [0.717, 1.165) is 21.8 Å². The number of methoxy groups -OCH3 is 1. The maximum absolute atomic E-state index is 13.3. The van der Waals surface area contributed by atoms with Crippen molar-refractivity contribution in [2.75, 3.05) is 30.5 Å². The summed E-state index contributed by atoms with van der Waals surface area (Å²) in [7, 11) is 1.41. The first-order valence-corrected chi connectivity index (χ1v) is 17.2. The molecule has 5 heterocycles. The Hall–Kier alpha value is -5.95. The molecule has 4 amide bonds. The Bertz CT molecular complexity index is 2030. The first-order valence-electron chi connectivity index (χ1n) is 15.3. The molecule has 264 valence electrons. The summed E-state index contributed by atoms with van der Waals surface area (Å²) < 4.78 is 6.73. The monoisotopic (exact) mass is 734 g/mol. The highest BCUT2D eigenvalue weighted by Crippen LogP contribution is 2.41. The number of phenolic OH excluding ortho intramolecular Hbond substituents is 1. The number of carbonyl (C=O) groups excluding carboxylic acids is 5. The van der Waals surface area contributed by atoms with Crippen molar-refractivity contribution in [3.63, 3.8) is 0 Å². The van der Waals surface area contributed by atoms with Crippen molar-refractivity contribution in [1.82, 2.24) is 20.1 Å². The van der Waals surface area contributed by atoms with Gasteiger partial charge in [0.15, 0.2) is 34.7 Å². The maximum atomic E-state index is 13.3. The number of anilines is 2. The number of hydrogen-bond donors (Lipinski definition) is 5. The van der Waals surface area contributed by atoms with E-state index in [4.69, 9.17) is 10.5 Å². The lowest BCUT2D eigenvalue weighted by Gasteiger charge is -2.50. The molecule has 0 saturated carbocycles. The average molecular weight is 735 g/mol. The van der Waals surface area contributed by atoms with Gasteiger partial charge in [-0.3, -0.25) is 24.1 Å². The zero-order chi connectivity index (χ0) is 36.4. The van der Waals surface area contributed by atoms with Gasteiger partial charge in [0.2, 0.25) is 12.5 Å².